The Balaban J connectivity index is 2.51. The lowest BCUT2D eigenvalue weighted by atomic mass is 10.2. The highest BCUT2D eigenvalue weighted by atomic mass is 16.5. The van der Waals surface area contributed by atoms with Gasteiger partial charge in [0.05, 0.1) is 13.7 Å². The van der Waals surface area contributed by atoms with E-state index in [9.17, 15) is 4.79 Å². The summed E-state index contributed by atoms with van der Waals surface area (Å²) < 4.78 is 10.3. The molecule has 106 valence electrons. The highest BCUT2D eigenvalue weighted by Gasteiger charge is 2.13. The van der Waals surface area contributed by atoms with E-state index < -0.39 is 5.97 Å². The van der Waals surface area contributed by atoms with Crippen LogP contribution < -0.4 is 10.5 Å². The summed E-state index contributed by atoms with van der Waals surface area (Å²) in [6, 6.07) is 4.86. The van der Waals surface area contributed by atoms with Crippen LogP contribution in [-0.2, 0) is 4.74 Å². The van der Waals surface area contributed by atoms with Crippen molar-refractivity contribution in [2.45, 2.75) is 25.7 Å². The van der Waals surface area contributed by atoms with Gasteiger partial charge in [-0.1, -0.05) is 6.42 Å². The third-order valence-electron chi connectivity index (χ3n) is 2.72. The van der Waals surface area contributed by atoms with Gasteiger partial charge >= 0.3 is 5.97 Å². The zero-order chi connectivity index (χ0) is 14.1. The maximum atomic E-state index is 11.5. The number of benzene rings is 1. The molecule has 0 unspecified atom stereocenters. The van der Waals surface area contributed by atoms with Gasteiger partial charge in [-0.25, -0.2) is 4.79 Å². The Kier molecular flexibility index (Phi) is 6.74. The van der Waals surface area contributed by atoms with Crippen LogP contribution in [0.3, 0.4) is 0 Å². The van der Waals surface area contributed by atoms with E-state index in [0.29, 0.717) is 23.6 Å². The van der Waals surface area contributed by atoms with Crippen molar-refractivity contribution in [1.29, 1.82) is 0 Å². The van der Waals surface area contributed by atoms with Gasteiger partial charge in [0.2, 0.25) is 0 Å². The van der Waals surface area contributed by atoms with Crippen LogP contribution in [0.2, 0.25) is 0 Å². The molecule has 0 saturated carbocycles. The Hall–Kier alpha value is -1.75. The van der Waals surface area contributed by atoms with E-state index in [1.54, 1.807) is 18.2 Å². The average Bonchev–Trinajstić information content (AvgIpc) is 2.42. The van der Waals surface area contributed by atoms with Crippen LogP contribution in [0.25, 0.3) is 0 Å². The Morgan fingerprint density at radius 1 is 1.26 bits per heavy atom. The van der Waals surface area contributed by atoms with Gasteiger partial charge < -0.3 is 20.3 Å². The average molecular weight is 267 g/mol. The van der Waals surface area contributed by atoms with E-state index in [0.717, 1.165) is 25.7 Å². The number of unbranched alkanes of at least 4 members (excludes halogenated alkanes) is 3. The van der Waals surface area contributed by atoms with Crippen LogP contribution in [0.15, 0.2) is 18.2 Å². The first-order valence-corrected chi connectivity index (χ1v) is 6.40. The standard InChI is InChI=1S/C14H21NO4/c1-18-14(17)12-7-6-11(15)10-13(12)19-9-5-3-2-4-8-16/h6-7,10,16H,2-5,8-9,15H2,1H3. The maximum absolute atomic E-state index is 11.5. The van der Waals surface area contributed by atoms with Crippen molar-refractivity contribution in [1.82, 2.24) is 0 Å². The summed E-state index contributed by atoms with van der Waals surface area (Å²) in [6.07, 6.45) is 3.64. The fourth-order valence-electron chi connectivity index (χ4n) is 1.69. The predicted molar refractivity (Wildman–Crippen MR) is 73.2 cm³/mol. The largest absolute Gasteiger partial charge is 0.493 e. The van der Waals surface area contributed by atoms with Gasteiger partial charge in [0.25, 0.3) is 0 Å². The molecule has 5 nitrogen and oxygen atoms in total. The number of nitrogens with two attached hydrogens (primary N) is 1. The zero-order valence-corrected chi connectivity index (χ0v) is 11.2. The van der Waals surface area contributed by atoms with Crippen LogP contribution in [0.1, 0.15) is 36.0 Å². The van der Waals surface area contributed by atoms with Crippen LogP contribution >= 0.6 is 0 Å². The number of carbonyl (C=O) groups excluding carboxylic acids is 1. The van der Waals surface area contributed by atoms with Gasteiger partial charge in [-0.2, -0.15) is 0 Å². The fraction of sp³-hybridized carbons (Fsp3) is 0.500. The number of hydrogen-bond acceptors (Lipinski definition) is 5. The lowest BCUT2D eigenvalue weighted by molar-refractivity contribution is 0.0596. The van der Waals surface area contributed by atoms with Crippen LogP contribution in [0, 0.1) is 0 Å². The lowest BCUT2D eigenvalue weighted by Gasteiger charge is -2.11. The van der Waals surface area contributed by atoms with Crippen molar-refractivity contribution in [2.24, 2.45) is 0 Å². The molecule has 0 saturated heterocycles. The molecule has 0 bridgehead atoms. The van der Waals surface area contributed by atoms with Crippen molar-refractivity contribution in [3.8, 4) is 5.75 Å². The summed E-state index contributed by atoms with van der Waals surface area (Å²) in [5.41, 5.74) is 6.61. The molecule has 5 heteroatoms. The fourth-order valence-corrected chi connectivity index (χ4v) is 1.69. The van der Waals surface area contributed by atoms with Crippen molar-refractivity contribution in [3.63, 3.8) is 0 Å². The van der Waals surface area contributed by atoms with Crippen LogP contribution in [0.4, 0.5) is 5.69 Å². The molecule has 19 heavy (non-hydrogen) atoms. The SMILES string of the molecule is COC(=O)c1ccc(N)cc1OCCCCCCO. The van der Waals surface area contributed by atoms with Crippen LogP contribution in [0.5, 0.6) is 5.75 Å². The zero-order valence-electron chi connectivity index (χ0n) is 11.2. The highest BCUT2D eigenvalue weighted by molar-refractivity contribution is 5.93. The minimum Gasteiger partial charge on any atom is -0.493 e. The lowest BCUT2D eigenvalue weighted by Crippen LogP contribution is -2.07. The van der Waals surface area contributed by atoms with Gasteiger partial charge in [-0.05, 0) is 31.4 Å². The summed E-state index contributed by atoms with van der Waals surface area (Å²) in [4.78, 5) is 11.5. The number of aliphatic hydroxyl groups excluding tert-OH is 1. The Bertz CT molecular complexity index is 406. The predicted octanol–water partition coefficient (Wildman–Crippen LogP) is 1.99. The molecular formula is C14H21NO4. The summed E-state index contributed by atoms with van der Waals surface area (Å²) in [6.45, 7) is 0.738. The van der Waals surface area contributed by atoms with Crippen molar-refractivity contribution >= 4 is 11.7 Å². The van der Waals surface area contributed by atoms with Gasteiger partial charge in [-0.3, -0.25) is 0 Å². The van der Waals surface area contributed by atoms with Gasteiger partial charge in [0.1, 0.15) is 11.3 Å². The van der Waals surface area contributed by atoms with E-state index in [2.05, 4.69) is 4.74 Å². The molecular weight excluding hydrogens is 246 g/mol. The van der Waals surface area contributed by atoms with Crippen molar-refractivity contribution in [3.05, 3.63) is 23.8 Å². The van der Waals surface area contributed by atoms with Crippen molar-refractivity contribution < 1.29 is 19.4 Å². The number of nitrogen functional groups attached to an aromatic ring is 1. The number of rotatable bonds is 8. The molecule has 0 aromatic heterocycles. The van der Waals surface area contributed by atoms with E-state index >= 15 is 0 Å². The molecule has 1 rings (SSSR count). The monoisotopic (exact) mass is 267 g/mol. The molecule has 0 heterocycles. The Labute approximate surface area is 113 Å². The molecule has 0 atom stereocenters. The molecule has 0 aliphatic rings. The number of ether oxygens (including phenoxy) is 2. The van der Waals surface area contributed by atoms with Gasteiger partial charge in [0, 0.05) is 18.4 Å². The number of aliphatic hydroxyl groups is 1. The maximum Gasteiger partial charge on any atom is 0.341 e. The summed E-state index contributed by atoms with van der Waals surface area (Å²) >= 11 is 0. The molecule has 3 N–H and O–H groups in total. The normalized spacial score (nSPS) is 10.2. The first-order valence-electron chi connectivity index (χ1n) is 6.40. The summed E-state index contributed by atoms with van der Waals surface area (Å²) in [5.74, 6) is 0.0179. The Morgan fingerprint density at radius 3 is 2.68 bits per heavy atom. The minimum absolute atomic E-state index is 0.225. The second kappa shape index (κ2) is 8.37. The first-order chi connectivity index (χ1) is 9.19. The molecule has 0 spiro atoms. The molecule has 0 radical (unpaired) electrons. The van der Waals surface area contributed by atoms with E-state index in [1.807, 2.05) is 0 Å². The molecule has 0 amide bonds. The highest BCUT2D eigenvalue weighted by Crippen LogP contribution is 2.23. The van der Waals surface area contributed by atoms with E-state index in [4.69, 9.17) is 15.6 Å². The van der Waals surface area contributed by atoms with Crippen molar-refractivity contribution in [2.75, 3.05) is 26.1 Å². The van der Waals surface area contributed by atoms with Gasteiger partial charge in [0.15, 0.2) is 0 Å². The molecule has 0 aliphatic heterocycles. The third-order valence-corrected chi connectivity index (χ3v) is 2.72. The second-order valence-corrected chi connectivity index (χ2v) is 4.23. The molecule has 1 aromatic rings. The minimum atomic E-state index is -0.435. The quantitative estimate of drug-likeness (QED) is 0.427. The Morgan fingerprint density at radius 2 is 2.00 bits per heavy atom. The number of carbonyl (C=O) groups is 1. The summed E-state index contributed by atoms with van der Waals surface area (Å²) in [7, 11) is 1.33. The number of methoxy groups -OCH3 is 1. The molecule has 0 aliphatic carbocycles. The molecule has 1 aromatic carbocycles. The van der Waals surface area contributed by atoms with Gasteiger partial charge in [-0.15, -0.1) is 0 Å². The number of esters is 1. The first kappa shape index (κ1) is 15.3. The van der Waals surface area contributed by atoms with E-state index in [1.165, 1.54) is 7.11 Å². The third kappa shape index (κ3) is 5.18. The van der Waals surface area contributed by atoms with E-state index in [-0.39, 0.29) is 6.61 Å². The number of hydrogen-bond donors (Lipinski definition) is 2. The van der Waals surface area contributed by atoms with Crippen LogP contribution in [-0.4, -0.2) is 31.4 Å². The summed E-state index contributed by atoms with van der Waals surface area (Å²) in [5, 5.41) is 8.66. The second-order valence-electron chi connectivity index (χ2n) is 4.23. The molecule has 0 fully saturated rings. The number of anilines is 1. The topological polar surface area (TPSA) is 81.8 Å². The smallest absolute Gasteiger partial charge is 0.341 e.